The first-order chi connectivity index (χ1) is 16.7. The van der Waals surface area contributed by atoms with E-state index in [0.29, 0.717) is 23.0 Å². The van der Waals surface area contributed by atoms with Crippen LogP contribution in [0.15, 0.2) is 36.4 Å². The molecule has 2 aromatic rings. The third kappa shape index (κ3) is 8.39. The van der Waals surface area contributed by atoms with Gasteiger partial charge in [-0.15, -0.1) is 0 Å². The summed E-state index contributed by atoms with van der Waals surface area (Å²) in [5.41, 5.74) is -1.84. The second-order valence-electron chi connectivity index (χ2n) is 13.1. The van der Waals surface area contributed by atoms with E-state index in [1.54, 1.807) is 14.2 Å². The van der Waals surface area contributed by atoms with Crippen LogP contribution in [-0.2, 0) is 8.85 Å². The highest BCUT2D eigenvalue weighted by Crippen LogP contribution is 2.37. The molecule has 0 bridgehead atoms. The van der Waals surface area contributed by atoms with Crippen LogP contribution in [0.25, 0.3) is 0 Å². The van der Waals surface area contributed by atoms with Gasteiger partial charge >= 0.3 is 8.56 Å². The van der Waals surface area contributed by atoms with Crippen LogP contribution >= 0.6 is 0 Å². The van der Waals surface area contributed by atoms with Crippen molar-refractivity contribution < 1.29 is 27.8 Å². The molecular formula is C30H48O6Si. The third-order valence-corrected chi connectivity index (χ3v) is 8.25. The van der Waals surface area contributed by atoms with Gasteiger partial charge in [0, 0.05) is 24.6 Å². The number of rotatable bonds is 8. The second-order valence-corrected chi connectivity index (χ2v) is 16.3. The number of hydrogen-bond acceptors (Lipinski definition) is 6. The molecule has 0 aliphatic carbocycles. The first-order valence-corrected chi connectivity index (χ1v) is 14.7. The summed E-state index contributed by atoms with van der Waals surface area (Å²) in [5, 5.41) is 1.58. The Morgan fingerprint density at radius 3 is 1.00 bits per heavy atom. The molecule has 0 atom stereocenters. The summed E-state index contributed by atoms with van der Waals surface area (Å²) in [7, 11) is -0.0625. The van der Waals surface area contributed by atoms with Gasteiger partial charge < -0.3 is 27.8 Å². The zero-order valence-electron chi connectivity index (χ0n) is 25.4. The van der Waals surface area contributed by atoms with Crippen molar-refractivity contribution in [2.45, 2.75) is 105 Å². The van der Waals surface area contributed by atoms with E-state index in [9.17, 15) is 0 Å². The predicted molar refractivity (Wildman–Crippen MR) is 153 cm³/mol. The fraction of sp³-hybridized carbons (Fsp3) is 0.600. The third-order valence-electron chi connectivity index (χ3n) is 4.89. The van der Waals surface area contributed by atoms with Crippen molar-refractivity contribution in [3.8, 4) is 23.0 Å². The molecule has 6 nitrogen and oxygen atoms in total. The Bertz CT molecular complexity index is 966. The molecule has 0 saturated heterocycles. The Hall–Kier alpha value is -2.22. The lowest BCUT2D eigenvalue weighted by atomic mass is 10.1. The van der Waals surface area contributed by atoms with Crippen LogP contribution in [0.1, 0.15) is 83.1 Å². The minimum atomic E-state index is -3.41. The first kappa shape index (κ1) is 31.0. The maximum absolute atomic E-state index is 6.57. The average molecular weight is 533 g/mol. The topological polar surface area (TPSA) is 55.4 Å². The summed E-state index contributed by atoms with van der Waals surface area (Å²) in [4.78, 5) is 0. The lowest BCUT2D eigenvalue weighted by Gasteiger charge is -2.36. The Labute approximate surface area is 225 Å². The predicted octanol–water partition coefficient (Wildman–Crippen LogP) is 6.25. The van der Waals surface area contributed by atoms with Gasteiger partial charge in [-0.1, -0.05) is 24.3 Å². The van der Waals surface area contributed by atoms with Crippen molar-refractivity contribution in [3.63, 3.8) is 0 Å². The highest BCUT2D eigenvalue weighted by molar-refractivity contribution is 6.93. The molecule has 0 unspecified atom stereocenters. The summed E-state index contributed by atoms with van der Waals surface area (Å²) in [6.07, 6.45) is 0. The van der Waals surface area contributed by atoms with E-state index in [-0.39, 0.29) is 0 Å². The van der Waals surface area contributed by atoms with Gasteiger partial charge in [0.2, 0.25) is 0 Å². The maximum Gasteiger partial charge on any atom is 0.414 e. The molecule has 0 heterocycles. The molecule has 0 saturated carbocycles. The van der Waals surface area contributed by atoms with E-state index in [1.165, 1.54) is 0 Å². The van der Waals surface area contributed by atoms with E-state index in [0.717, 1.165) is 10.4 Å². The molecule has 2 aromatic carbocycles. The van der Waals surface area contributed by atoms with Crippen molar-refractivity contribution in [1.82, 2.24) is 0 Å². The molecule has 0 amide bonds. The van der Waals surface area contributed by atoms with Gasteiger partial charge in [0.05, 0.1) is 0 Å². The SMILES string of the molecule is CO[Si](OC)(c1cccc(OC(C)(C)C)c1OC(C)(C)C)c1cccc(OC(C)(C)C)c1OC(C)(C)C. The molecule has 0 spiro atoms. The fourth-order valence-electron chi connectivity index (χ4n) is 3.86. The van der Waals surface area contributed by atoms with Gasteiger partial charge in [-0.2, -0.15) is 0 Å². The van der Waals surface area contributed by atoms with Crippen molar-refractivity contribution in [1.29, 1.82) is 0 Å². The molecule has 0 aliphatic rings. The van der Waals surface area contributed by atoms with Gasteiger partial charge in [-0.05, 0) is 95.2 Å². The Morgan fingerprint density at radius 1 is 0.459 bits per heavy atom. The van der Waals surface area contributed by atoms with Crippen molar-refractivity contribution in [2.75, 3.05) is 14.2 Å². The quantitative estimate of drug-likeness (QED) is 0.375. The fourth-order valence-corrected chi connectivity index (χ4v) is 6.78. The van der Waals surface area contributed by atoms with Crippen LogP contribution in [0, 0.1) is 0 Å². The van der Waals surface area contributed by atoms with Crippen LogP contribution in [0.3, 0.4) is 0 Å². The van der Waals surface area contributed by atoms with Crippen molar-refractivity contribution in [2.24, 2.45) is 0 Å². The summed E-state index contributed by atoms with van der Waals surface area (Å²) in [6, 6.07) is 11.7. The van der Waals surface area contributed by atoms with Gasteiger partial charge in [0.1, 0.15) is 22.4 Å². The summed E-state index contributed by atoms with van der Waals surface area (Å²) >= 11 is 0. The zero-order valence-corrected chi connectivity index (χ0v) is 26.4. The van der Waals surface area contributed by atoms with E-state index < -0.39 is 31.0 Å². The Morgan fingerprint density at radius 2 is 0.757 bits per heavy atom. The van der Waals surface area contributed by atoms with E-state index >= 15 is 0 Å². The number of ether oxygens (including phenoxy) is 4. The van der Waals surface area contributed by atoms with Crippen LogP contribution in [-0.4, -0.2) is 45.2 Å². The van der Waals surface area contributed by atoms with Crippen LogP contribution in [0.5, 0.6) is 23.0 Å². The second kappa shape index (κ2) is 10.9. The average Bonchev–Trinajstić information content (AvgIpc) is 2.69. The van der Waals surface area contributed by atoms with Crippen LogP contribution in [0.2, 0.25) is 0 Å². The molecule has 7 heteroatoms. The maximum atomic E-state index is 6.57. The molecule has 2 rings (SSSR count). The van der Waals surface area contributed by atoms with Crippen molar-refractivity contribution >= 4 is 18.9 Å². The molecule has 0 aliphatic heterocycles. The van der Waals surface area contributed by atoms with E-state index in [2.05, 4.69) is 0 Å². The molecule has 0 fully saturated rings. The minimum Gasteiger partial charge on any atom is -0.484 e. The highest BCUT2D eigenvalue weighted by atomic mass is 28.4. The minimum absolute atomic E-state index is 0.431. The largest absolute Gasteiger partial charge is 0.484 e. The lowest BCUT2D eigenvalue weighted by Crippen LogP contribution is -2.63. The summed E-state index contributed by atoms with van der Waals surface area (Å²) in [6.45, 7) is 24.2. The van der Waals surface area contributed by atoms with Gasteiger partial charge in [0.25, 0.3) is 0 Å². The molecular weight excluding hydrogens is 484 g/mol. The van der Waals surface area contributed by atoms with Crippen LogP contribution < -0.4 is 29.3 Å². The highest BCUT2D eigenvalue weighted by Gasteiger charge is 2.48. The monoisotopic (exact) mass is 532 g/mol. The summed E-state index contributed by atoms with van der Waals surface area (Å²) < 4.78 is 38.7. The molecule has 208 valence electrons. The molecule has 0 radical (unpaired) electrons. The van der Waals surface area contributed by atoms with Gasteiger partial charge in [0.15, 0.2) is 23.0 Å². The smallest absolute Gasteiger partial charge is 0.414 e. The normalized spacial score (nSPS) is 13.4. The lowest BCUT2D eigenvalue weighted by molar-refractivity contribution is 0.0954. The van der Waals surface area contributed by atoms with Crippen molar-refractivity contribution in [3.05, 3.63) is 36.4 Å². The Balaban J connectivity index is 2.96. The van der Waals surface area contributed by atoms with Gasteiger partial charge in [-0.3, -0.25) is 0 Å². The number of para-hydroxylation sites is 2. The molecule has 37 heavy (non-hydrogen) atoms. The first-order valence-electron chi connectivity index (χ1n) is 12.8. The number of hydrogen-bond donors (Lipinski definition) is 0. The Kier molecular flexibility index (Phi) is 9.11. The number of benzene rings is 2. The standard InChI is InChI=1S/C30H48O6Si/c1-27(2,3)33-21-17-15-19-23(25(21)35-29(7,8)9)37(31-13,32-14)24-20-16-18-22(34-28(4,5)6)26(24)36-30(10,11)12/h15-20H,1-14H3. The zero-order chi connectivity index (χ0) is 28.4. The van der Waals surface area contributed by atoms with Gasteiger partial charge in [-0.25, -0.2) is 0 Å². The molecule has 0 N–H and O–H groups in total. The van der Waals surface area contributed by atoms with Crippen LogP contribution in [0.4, 0.5) is 0 Å². The molecule has 0 aromatic heterocycles. The van der Waals surface area contributed by atoms with E-state index in [1.807, 2.05) is 119 Å². The summed E-state index contributed by atoms with van der Waals surface area (Å²) in [5.74, 6) is 2.46. The van der Waals surface area contributed by atoms with E-state index in [4.69, 9.17) is 27.8 Å².